The number of carbonyl (C=O) groups excluding carboxylic acids is 2. The van der Waals surface area contributed by atoms with E-state index in [1.165, 1.54) is 4.90 Å². The number of carbonyl (C=O) groups is 2. The first kappa shape index (κ1) is 30.4. The minimum absolute atomic E-state index is 0.0905. The zero-order valence-electron chi connectivity index (χ0n) is 23.5. The molecule has 37 heavy (non-hydrogen) atoms. The lowest BCUT2D eigenvalue weighted by Crippen LogP contribution is -2.52. The van der Waals surface area contributed by atoms with Crippen LogP contribution in [0.15, 0.2) is 48.5 Å². The highest BCUT2D eigenvalue weighted by Gasteiger charge is 2.32. The molecule has 0 fully saturated rings. The maximum Gasteiger partial charge on any atom is 0.244 e. The standard InChI is InChI=1S/C29H43N3O4S/c1-9-26(28(34)30-18-21(2)3)31(19-23-12-10-22(4)11-13-23)27(33)20-32(37(8,35)36)25-16-14-24(15-17-25)29(5,6)7/h10-17,21,26H,9,18-20H2,1-8H3,(H,30,34). The molecule has 0 aliphatic carbocycles. The Kier molecular flexibility index (Phi) is 10.3. The number of anilines is 1. The van der Waals surface area contributed by atoms with Gasteiger partial charge in [0.05, 0.1) is 11.9 Å². The van der Waals surface area contributed by atoms with Crippen molar-refractivity contribution >= 4 is 27.5 Å². The third-order valence-corrected chi connectivity index (χ3v) is 7.39. The fourth-order valence-corrected chi connectivity index (χ4v) is 4.82. The van der Waals surface area contributed by atoms with Crippen molar-refractivity contribution in [2.75, 3.05) is 23.7 Å². The van der Waals surface area contributed by atoms with Crippen LogP contribution in [0, 0.1) is 12.8 Å². The second-order valence-electron chi connectivity index (χ2n) is 11.1. The number of hydrogen-bond donors (Lipinski definition) is 1. The maximum atomic E-state index is 13.8. The first-order chi connectivity index (χ1) is 17.1. The molecule has 0 aliphatic heterocycles. The summed E-state index contributed by atoms with van der Waals surface area (Å²) < 4.78 is 26.7. The van der Waals surface area contributed by atoms with Crippen molar-refractivity contribution in [3.05, 3.63) is 65.2 Å². The van der Waals surface area contributed by atoms with Crippen LogP contribution in [0.25, 0.3) is 0 Å². The van der Waals surface area contributed by atoms with Gasteiger partial charge in [-0.2, -0.15) is 0 Å². The molecule has 0 heterocycles. The van der Waals surface area contributed by atoms with Gasteiger partial charge < -0.3 is 10.2 Å². The molecule has 7 nitrogen and oxygen atoms in total. The van der Waals surface area contributed by atoms with Crippen LogP contribution in [0.1, 0.15) is 64.7 Å². The van der Waals surface area contributed by atoms with Crippen LogP contribution in [-0.4, -0.2) is 50.5 Å². The van der Waals surface area contributed by atoms with Gasteiger partial charge in [0.1, 0.15) is 12.6 Å². The lowest BCUT2D eigenvalue weighted by Gasteiger charge is -2.33. The van der Waals surface area contributed by atoms with Crippen LogP contribution in [0.4, 0.5) is 5.69 Å². The average Bonchev–Trinajstić information content (AvgIpc) is 2.81. The predicted molar refractivity (Wildman–Crippen MR) is 151 cm³/mol. The molecular weight excluding hydrogens is 486 g/mol. The Morgan fingerprint density at radius 2 is 1.54 bits per heavy atom. The molecule has 0 radical (unpaired) electrons. The SMILES string of the molecule is CCC(C(=O)NCC(C)C)N(Cc1ccc(C)cc1)C(=O)CN(c1ccc(C(C)(C)C)cc1)S(C)(=O)=O. The lowest BCUT2D eigenvalue weighted by atomic mass is 9.87. The quantitative estimate of drug-likeness (QED) is 0.460. The molecule has 0 saturated carbocycles. The van der Waals surface area contributed by atoms with Gasteiger partial charge in [0.15, 0.2) is 0 Å². The Morgan fingerprint density at radius 3 is 2.00 bits per heavy atom. The molecular formula is C29H43N3O4S. The van der Waals surface area contributed by atoms with Crippen molar-refractivity contribution in [2.45, 2.75) is 72.9 Å². The molecule has 1 N–H and O–H groups in total. The molecule has 1 atom stereocenters. The van der Waals surface area contributed by atoms with E-state index in [0.717, 1.165) is 27.3 Å². The monoisotopic (exact) mass is 529 g/mol. The van der Waals surface area contributed by atoms with E-state index in [1.54, 1.807) is 12.1 Å². The number of aryl methyl sites for hydroxylation is 1. The molecule has 0 aliphatic rings. The largest absolute Gasteiger partial charge is 0.354 e. The molecule has 8 heteroatoms. The van der Waals surface area contributed by atoms with Crippen molar-refractivity contribution in [3.63, 3.8) is 0 Å². The highest BCUT2D eigenvalue weighted by atomic mass is 32.2. The molecule has 0 aromatic heterocycles. The second kappa shape index (κ2) is 12.6. The van der Waals surface area contributed by atoms with Gasteiger partial charge in [-0.25, -0.2) is 8.42 Å². The molecule has 2 rings (SSSR count). The summed E-state index contributed by atoms with van der Waals surface area (Å²) in [6.07, 6.45) is 1.50. The summed E-state index contributed by atoms with van der Waals surface area (Å²) in [5.41, 5.74) is 3.34. The molecule has 0 saturated heterocycles. The van der Waals surface area contributed by atoms with Crippen LogP contribution in [0.3, 0.4) is 0 Å². The third kappa shape index (κ3) is 8.88. The first-order valence-electron chi connectivity index (χ1n) is 12.8. The Bertz CT molecular complexity index is 1150. The van der Waals surface area contributed by atoms with Gasteiger partial charge in [-0.15, -0.1) is 0 Å². The summed E-state index contributed by atoms with van der Waals surface area (Å²) in [7, 11) is -3.76. The Hall–Kier alpha value is -2.87. The van der Waals surface area contributed by atoms with Crippen molar-refractivity contribution in [1.29, 1.82) is 0 Å². The van der Waals surface area contributed by atoms with Gasteiger partial charge in [0.25, 0.3) is 0 Å². The molecule has 0 spiro atoms. The topological polar surface area (TPSA) is 86.8 Å². The molecule has 2 aromatic carbocycles. The Morgan fingerprint density at radius 1 is 0.973 bits per heavy atom. The summed E-state index contributed by atoms with van der Waals surface area (Å²) in [6, 6.07) is 14.3. The van der Waals surface area contributed by atoms with E-state index in [-0.39, 0.29) is 23.8 Å². The zero-order chi connectivity index (χ0) is 28.0. The fourth-order valence-electron chi connectivity index (χ4n) is 3.97. The maximum absolute atomic E-state index is 13.8. The van der Waals surface area contributed by atoms with E-state index in [0.29, 0.717) is 18.7 Å². The molecule has 1 unspecified atom stereocenters. The number of sulfonamides is 1. The summed E-state index contributed by atoms with van der Waals surface area (Å²) in [5, 5.41) is 2.93. The van der Waals surface area contributed by atoms with Gasteiger partial charge >= 0.3 is 0 Å². The van der Waals surface area contributed by atoms with Crippen LogP contribution in [-0.2, 0) is 31.6 Å². The second-order valence-corrected chi connectivity index (χ2v) is 13.0. The predicted octanol–water partition coefficient (Wildman–Crippen LogP) is 4.64. The Labute approximate surface area is 223 Å². The summed E-state index contributed by atoms with van der Waals surface area (Å²) in [5.74, 6) is -0.408. The fraction of sp³-hybridized carbons (Fsp3) is 0.517. The number of benzene rings is 2. The van der Waals surface area contributed by atoms with Crippen LogP contribution < -0.4 is 9.62 Å². The van der Waals surface area contributed by atoms with Gasteiger partial charge in [-0.3, -0.25) is 13.9 Å². The third-order valence-electron chi connectivity index (χ3n) is 6.24. The van der Waals surface area contributed by atoms with Crippen LogP contribution in [0.2, 0.25) is 0 Å². The molecule has 2 aromatic rings. The zero-order valence-corrected chi connectivity index (χ0v) is 24.4. The van der Waals surface area contributed by atoms with E-state index >= 15 is 0 Å². The van der Waals surface area contributed by atoms with Gasteiger partial charge in [-0.1, -0.05) is 83.5 Å². The number of nitrogens with zero attached hydrogens (tertiary/aromatic N) is 2. The minimum atomic E-state index is -3.76. The highest BCUT2D eigenvalue weighted by molar-refractivity contribution is 7.92. The van der Waals surface area contributed by atoms with Gasteiger partial charge in [-0.05, 0) is 47.9 Å². The smallest absolute Gasteiger partial charge is 0.244 e. The lowest BCUT2D eigenvalue weighted by molar-refractivity contribution is -0.140. The van der Waals surface area contributed by atoms with E-state index in [2.05, 4.69) is 26.1 Å². The van der Waals surface area contributed by atoms with E-state index < -0.39 is 28.5 Å². The Balaban J connectivity index is 2.42. The van der Waals surface area contributed by atoms with Crippen molar-refractivity contribution in [2.24, 2.45) is 5.92 Å². The molecule has 204 valence electrons. The van der Waals surface area contributed by atoms with Crippen molar-refractivity contribution < 1.29 is 18.0 Å². The molecule has 2 amide bonds. The van der Waals surface area contributed by atoms with Gasteiger partial charge in [0, 0.05) is 13.1 Å². The normalized spacial score (nSPS) is 12.8. The summed E-state index contributed by atoms with van der Waals surface area (Å²) in [6.45, 7) is 14.4. The average molecular weight is 530 g/mol. The van der Waals surface area contributed by atoms with Gasteiger partial charge in [0.2, 0.25) is 21.8 Å². The number of hydrogen-bond acceptors (Lipinski definition) is 4. The number of rotatable bonds is 11. The highest BCUT2D eigenvalue weighted by Crippen LogP contribution is 2.26. The number of amides is 2. The summed E-state index contributed by atoms with van der Waals surface area (Å²) >= 11 is 0. The first-order valence-corrected chi connectivity index (χ1v) is 14.7. The summed E-state index contributed by atoms with van der Waals surface area (Å²) in [4.78, 5) is 28.4. The number of nitrogens with one attached hydrogen (secondary N) is 1. The van der Waals surface area contributed by atoms with E-state index in [1.807, 2.05) is 64.1 Å². The molecule has 0 bridgehead atoms. The van der Waals surface area contributed by atoms with Crippen molar-refractivity contribution in [1.82, 2.24) is 10.2 Å². The van der Waals surface area contributed by atoms with E-state index in [4.69, 9.17) is 0 Å². The van der Waals surface area contributed by atoms with E-state index in [9.17, 15) is 18.0 Å². The van der Waals surface area contributed by atoms with Crippen LogP contribution in [0.5, 0.6) is 0 Å². The van der Waals surface area contributed by atoms with Crippen molar-refractivity contribution in [3.8, 4) is 0 Å². The minimum Gasteiger partial charge on any atom is -0.354 e. The van der Waals surface area contributed by atoms with Crippen LogP contribution >= 0.6 is 0 Å².